The molecule has 2 atom stereocenters. The van der Waals surface area contributed by atoms with E-state index in [1.165, 1.54) is 31.4 Å². The number of rotatable bonds is 6. The standard InChI is InChI=1S/C16H27N3/c1-3-17-15-9-4-5-10-16(15)19(2)13-11-14-8-6-7-12-18-14/h6-8,12,15-17H,3-5,9-11,13H2,1-2H3. The summed E-state index contributed by atoms with van der Waals surface area (Å²) in [6.07, 6.45) is 8.34. The van der Waals surface area contributed by atoms with Crippen molar-refractivity contribution in [3.8, 4) is 0 Å². The van der Waals surface area contributed by atoms with Crippen LogP contribution in [0.3, 0.4) is 0 Å². The van der Waals surface area contributed by atoms with Gasteiger partial charge in [0.05, 0.1) is 0 Å². The van der Waals surface area contributed by atoms with E-state index in [2.05, 4.69) is 41.3 Å². The van der Waals surface area contributed by atoms with Gasteiger partial charge in [0.2, 0.25) is 0 Å². The molecule has 3 heteroatoms. The van der Waals surface area contributed by atoms with Gasteiger partial charge in [0.25, 0.3) is 0 Å². The number of likely N-dealkylation sites (N-methyl/N-ethyl adjacent to an activating group) is 2. The van der Waals surface area contributed by atoms with E-state index in [0.717, 1.165) is 19.5 Å². The molecule has 106 valence electrons. The van der Waals surface area contributed by atoms with Crippen LogP contribution >= 0.6 is 0 Å². The van der Waals surface area contributed by atoms with E-state index in [1.807, 2.05) is 12.3 Å². The Labute approximate surface area is 117 Å². The lowest BCUT2D eigenvalue weighted by Gasteiger charge is -2.38. The van der Waals surface area contributed by atoms with Gasteiger partial charge in [-0.3, -0.25) is 4.98 Å². The van der Waals surface area contributed by atoms with Crippen LogP contribution < -0.4 is 5.32 Å². The van der Waals surface area contributed by atoms with Gasteiger partial charge in [-0.2, -0.15) is 0 Å². The highest BCUT2D eigenvalue weighted by molar-refractivity contribution is 5.04. The molecule has 3 nitrogen and oxygen atoms in total. The Morgan fingerprint density at radius 2 is 2.16 bits per heavy atom. The van der Waals surface area contributed by atoms with Crippen LogP contribution in [0.25, 0.3) is 0 Å². The summed E-state index contributed by atoms with van der Waals surface area (Å²) < 4.78 is 0. The van der Waals surface area contributed by atoms with Crippen LogP contribution in [0.2, 0.25) is 0 Å². The Kier molecular flexibility index (Phi) is 5.80. The van der Waals surface area contributed by atoms with Crippen molar-refractivity contribution in [3.05, 3.63) is 30.1 Å². The maximum absolute atomic E-state index is 4.41. The molecule has 0 spiro atoms. The molecule has 0 amide bonds. The lowest BCUT2D eigenvalue weighted by Crippen LogP contribution is -2.50. The Morgan fingerprint density at radius 3 is 2.89 bits per heavy atom. The van der Waals surface area contributed by atoms with E-state index >= 15 is 0 Å². The second kappa shape index (κ2) is 7.61. The minimum absolute atomic E-state index is 0.674. The zero-order valence-electron chi connectivity index (χ0n) is 12.3. The van der Waals surface area contributed by atoms with Gasteiger partial charge in [-0.15, -0.1) is 0 Å². The third-order valence-corrected chi connectivity index (χ3v) is 4.21. The summed E-state index contributed by atoms with van der Waals surface area (Å²) in [7, 11) is 2.27. The molecule has 1 heterocycles. The predicted octanol–water partition coefficient (Wildman–Crippen LogP) is 2.48. The van der Waals surface area contributed by atoms with Crippen molar-refractivity contribution in [2.75, 3.05) is 20.1 Å². The SMILES string of the molecule is CCNC1CCCCC1N(C)CCc1ccccn1. The average molecular weight is 261 g/mol. The van der Waals surface area contributed by atoms with Gasteiger partial charge in [0, 0.05) is 36.9 Å². The topological polar surface area (TPSA) is 28.2 Å². The Hall–Kier alpha value is -0.930. The fourth-order valence-corrected chi connectivity index (χ4v) is 3.14. The Balaban J connectivity index is 1.85. The normalized spacial score (nSPS) is 23.7. The number of nitrogens with one attached hydrogen (secondary N) is 1. The van der Waals surface area contributed by atoms with Crippen LogP contribution in [0.1, 0.15) is 38.3 Å². The fraction of sp³-hybridized carbons (Fsp3) is 0.688. The van der Waals surface area contributed by atoms with Crippen molar-refractivity contribution in [3.63, 3.8) is 0 Å². The van der Waals surface area contributed by atoms with Crippen LogP contribution in [0.5, 0.6) is 0 Å². The zero-order chi connectivity index (χ0) is 13.5. The second-order valence-electron chi connectivity index (χ2n) is 5.57. The molecule has 0 saturated heterocycles. The number of hydrogen-bond donors (Lipinski definition) is 1. The Bertz CT molecular complexity index is 350. The maximum Gasteiger partial charge on any atom is 0.0416 e. The van der Waals surface area contributed by atoms with E-state index in [-0.39, 0.29) is 0 Å². The highest BCUT2D eigenvalue weighted by Gasteiger charge is 2.27. The molecule has 1 aliphatic rings. The summed E-state index contributed by atoms with van der Waals surface area (Å²) in [4.78, 5) is 6.94. The van der Waals surface area contributed by atoms with Gasteiger partial charge in [0.15, 0.2) is 0 Å². The van der Waals surface area contributed by atoms with Crippen molar-refractivity contribution in [1.82, 2.24) is 15.2 Å². The molecule has 1 aromatic rings. The molecule has 0 radical (unpaired) electrons. The Morgan fingerprint density at radius 1 is 1.32 bits per heavy atom. The lowest BCUT2D eigenvalue weighted by molar-refractivity contribution is 0.151. The largest absolute Gasteiger partial charge is 0.313 e. The molecule has 2 rings (SSSR count). The number of nitrogens with zero attached hydrogens (tertiary/aromatic N) is 2. The third kappa shape index (κ3) is 4.29. The molecular weight excluding hydrogens is 234 g/mol. The van der Waals surface area contributed by atoms with Gasteiger partial charge in [-0.25, -0.2) is 0 Å². The predicted molar refractivity (Wildman–Crippen MR) is 80.3 cm³/mol. The molecule has 19 heavy (non-hydrogen) atoms. The fourth-order valence-electron chi connectivity index (χ4n) is 3.14. The first-order chi connectivity index (χ1) is 9.31. The van der Waals surface area contributed by atoms with Crippen molar-refractivity contribution in [2.24, 2.45) is 0 Å². The van der Waals surface area contributed by atoms with Gasteiger partial charge in [0.1, 0.15) is 0 Å². The molecular formula is C16H27N3. The van der Waals surface area contributed by atoms with Crippen molar-refractivity contribution >= 4 is 0 Å². The van der Waals surface area contributed by atoms with E-state index in [0.29, 0.717) is 12.1 Å². The molecule has 1 aliphatic carbocycles. The minimum atomic E-state index is 0.674. The molecule has 1 N–H and O–H groups in total. The molecule has 2 unspecified atom stereocenters. The summed E-state index contributed by atoms with van der Waals surface area (Å²) in [5.41, 5.74) is 1.20. The van der Waals surface area contributed by atoms with Crippen LogP contribution in [-0.2, 0) is 6.42 Å². The monoisotopic (exact) mass is 261 g/mol. The highest BCUT2D eigenvalue weighted by Crippen LogP contribution is 2.22. The van der Waals surface area contributed by atoms with Gasteiger partial charge >= 0.3 is 0 Å². The summed E-state index contributed by atoms with van der Waals surface area (Å²) in [6, 6.07) is 7.54. The van der Waals surface area contributed by atoms with E-state index in [1.54, 1.807) is 0 Å². The summed E-state index contributed by atoms with van der Waals surface area (Å²) in [5.74, 6) is 0. The van der Waals surface area contributed by atoms with Crippen LogP contribution in [0.4, 0.5) is 0 Å². The second-order valence-corrected chi connectivity index (χ2v) is 5.57. The van der Waals surface area contributed by atoms with Crippen molar-refractivity contribution in [1.29, 1.82) is 0 Å². The van der Waals surface area contributed by atoms with E-state index < -0.39 is 0 Å². The summed E-state index contributed by atoms with van der Waals surface area (Å²) in [5, 5.41) is 3.66. The van der Waals surface area contributed by atoms with Crippen molar-refractivity contribution in [2.45, 2.75) is 51.1 Å². The first-order valence-electron chi connectivity index (χ1n) is 7.64. The first-order valence-corrected chi connectivity index (χ1v) is 7.64. The van der Waals surface area contributed by atoms with Crippen molar-refractivity contribution < 1.29 is 0 Å². The van der Waals surface area contributed by atoms with E-state index in [4.69, 9.17) is 0 Å². The maximum atomic E-state index is 4.41. The molecule has 1 fully saturated rings. The smallest absolute Gasteiger partial charge is 0.0416 e. The summed E-state index contributed by atoms with van der Waals surface area (Å²) in [6.45, 7) is 4.39. The van der Waals surface area contributed by atoms with E-state index in [9.17, 15) is 0 Å². The van der Waals surface area contributed by atoms with Crippen LogP contribution in [-0.4, -0.2) is 42.1 Å². The number of aromatic nitrogens is 1. The third-order valence-electron chi connectivity index (χ3n) is 4.21. The van der Waals surface area contributed by atoms with Crippen LogP contribution in [0.15, 0.2) is 24.4 Å². The highest BCUT2D eigenvalue weighted by atomic mass is 15.2. The molecule has 0 bridgehead atoms. The van der Waals surface area contributed by atoms with Crippen LogP contribution in [0, 0.1) is 0 Å². The average Bonchev–Trinajstić information content (AvgIpc) is 2.47. The quantitative estimate of drug-likeness (QED) is 0.852. The van der Waals surface area contributed by atoms with Gasteiger partial charge in [-0.1, -0.05) is 25.8 Å². The number of pyridine rings is 1. The molecule has 1 saturated carbocycles. The zero-order valence-corrected chi connectivity index (χ0v) is 12.3. The first kappa shape index (κ1) is 14.5. The van der Waals surface area contributed by atoms with Gasteiger partial charge in [-0.05, 0) is 38.6 Å². The minimum Gasteiger partial charge on any atom is -0.313 e. The number of hydrogen-bond acceptors (Lipinski definition) is 3. The lowest BCUT2D eigenvalue weighted by atomic mass is 9.89. The molecule has 0 aromatic carbocycles. The summed E-state index contributed by atoms with van der Waals surface area (Å²) >= 11 is 0. The van der Waals surface area contributed by atoms with Gasteiger partial charge < -0.3 is 10.2 Å². The molecule has 1 aromatic heterocycles. The molecule has 0 aliphatic heterocycles.